The summed E-state index contributed by atoms with van der Waals surface area (Å²) in [6.45, 7) is 5.83. The number of thioether (sulfide) groups is 1. The van der Waals surface area contributed by atoms with Crippen molar-refractivity contribution in [2.24, 2.45) is 0 Å². The third-order valence-electron chi connectivity index (χ3n) is 3.67. The van der Waals surface area contributed by atoms with Crippen LogP contribution in [0.1, 0.15) is 19.4 Å². The van der Waals surface area contributed by atoms with Gasteiger partial charge in [0.25, 0.3) is 0 Å². The van der Waals surface area contributed by atoms with E-state index < -0.39 is 0 Å². The van der Waals surface area contributed by atoms with Crippen molar-refractivity contribution in [2.75, 3.05) is 18.0 Å². The standard InChI is InChI=1S/C17H20FN3OS/c1-12-8-21(9-13(2)22-12)16-7-17(20-11-19-16)23-10-14-3-5-15(18)6-4-14/h3-7,11-13H,8-10H2,1-2H3. The van der Waals surface area contributed by atoms with Gasteiger partial charge in [-0.3, -0.25) is 0 Å². The molecule has 0 aliphatic carbocycles. The maximum atomic E-state index is 12.9. The van der Waals surface area contributed by atoms with Gasteiger partial charge in [-0.25, -0.2) is 14.4 Å². The van der Waals surface area contributed by atoms with Crippen molar-refractivity contribution in [3.63, 3.8) is 0 Å². The van der Waals surface area contributed by atoms with Gasteiger partial charge in [0, 0.05) is 24.9 Å². The molecule has 1 aliphatic rings. The van der Waals surface area contributed by atoms with Gasteiger partial charge in [-0.05, 0) is 31.5 Å². The van der Waals surface area contributed by atoms with Crippen LogP contribution in [0.3, 0.4) is 0 Å². The average Bonchev–Trinajstić information content (AvgIpc) is 2.54. The Hall–Kier alpha value is -1.66. The summed E-state index contributed by atoms with van der Waals surface area (Å²) in [5.41, 5.74) is 1.07. The van der Waals surface area contributed by atoms with Gasteiger partial charge in [0.05, 0.1) is 12.2 Å². The molecule has 2 unspecified atom stereocenters. The Morgan fingerprint density at radius 3 is 2.57 bits per heavy atom. The fraction of sp³-hybridized carbons (Fsp3) is 0.412. The summed E-state index contributed by atoms with van der Waals surface area (Å²) in [6.07, 6.45) is 2.00. The van der Waals surface area contributed by atoms with Crippen LogP contribution in [0.5, 0.6) is 0 Å². The zero-order valence-electron chi connectivity index (χ0n) is 13.3. The second-order valence-corrected chi connectivity index (χ2v) is 6.79. The molecule has 1 aromatic heterocycles. The van der Waals surface area contributed by atoms with Crippen molar-refractivity contribution in [2.45, 2.75) is 36.8 Å². The third kappa shape index (κ3) is 4.42. The van der Waals surface area contributed by atoms with E-state index in [0.717, 1.165) is 35.2 Å². The Labute approximate surface area is 140 Å². The van der Waals surface area contributed by atoms with E-state index in [1.807, 2.05) is 6.07 Å². The number of aromatic nitrogens is 2. The fourth-order valence-corrected chi connectivity index (χ4v) is 3.50. The van der Waals surface area contributed by atoms with Crippen molar-refractivity contribution < 1.29 is 9.13 Å². The number of halogens is 1. The summed E-state index contributed by atoms with van der Waals surface area (Å²) >= 11 is 1.63. The average molecular weight is 333 g/mol. The number of nitrogens with zero attached hydrogens (tertiary/aromatic N) is 3. The summed E-state index contributed by atoms with van der Waals surface area (Å²) in [4.78, 5) is 11.0. The van der Waals surface area contributed by atoms with Crippen LogP contribution < -0.4 is 4.90 Å². The summed E-state index contributed by atoms with van der Waals surface area (Å²) < 4.78 is 18.7. The van der Waals surface area contributed by atoms with E-state index in [2.05, 4.69) is 28.7 Å². The van der Waals surface area contributed by atoms with E-state index in [0.29, 0.717) is 0 Å². The van der Waals surface area contributed by atoms with E-state index in [1.165, 1.54) is 12.1 Å². The van der Waals surface area contributed by atoms with Gasteiger partial charge in [0.1, 0.15) is 23.0 Å². The monoisotopic (exact) mass is 333 g/mol. The van der Waals surface area contributed by atoms with Crippen LogP contribution in [0.25, 0.3) is 0 Å². The van der Waals surface area contributed by atoms with E-state index in [1.54, 1.807) is 30.2 Å². The molecule has 1 aromatic carbocycles. The number of hydrogen-bond donors (Lipinski definition) is 0. The third-order valence-corrected chi connectivity index (χ3v) is 4.67. The van der Waals surface area contributed by atoms with Gasteiger partial charge < -0.3 is 9.64 Å². The molecule has 1 aliphatic heterocycles. The molecular formula is C17H20FN3OS. The molecule has 0 radical (unpaired) electrons. The Morgan fingerprint density at radius 2 is 1.87 bits per heavy atom. The van der Waals surface area contributed by atoms with E-state index >= 15 is 0 Å². The lowest BCUT2D eigenvalue weighted by Crippen LogP contribution is -2.45. The van der Waals surface area contributed by atoms with Crippen LogP contribution in [0.15, 0.2) is 41.7 Å². The van der Waals surface area contributed by atoms with Gasteiger partial charge in [0.2, 0.25) is 0 Å². The fourth-order valence-electron chi connectivity index (χ4n) is 2.68. The summed E-state index contributed by atoms with van der Waals surface area (Å²) in [7, 11) is 0. The number of rotatable bonds is 4. The van der Waals surface area contributed by atoms with Crippen LogP contribution in [0.2, 0.25) is 0 Å². The van der Waals surface area contributed by atoms with Crippen molar-refractivity contribution in [1.29, 1.82) is 0 Å². The second kappa shape index (κ2) is 7.27. The first kappa shape index (κ1) is 16.2. The lowest BCUT2D eigenvalue weighted by molar-refractivity contribution is -0.00548. The maximum Gasteiger partial charge on any atom is 0.133 e. The second-order valence-electron chi connectivity index (χ2n) is 5.79. The molecule has 1 fully saturated rings. The molecule has 23 heavy (non-hydrogen) atoms. The van der Waals surface area contributed by atoms with Gasteiger partial charge in [-0.2, -0.15) is 0 Å². The Morgan fingerprint density at radius 1 is 1.17 bits per heavy atom. The molecule has 0 bridgehead atoms. The topological polar surface area (TPSA) is 38.2 Å². The molecule has 1 saturated heterocycles. The Kier molecular flexibility index (Phi) is 5.13. The Balaban J connectivity index is 1.66. The quantitative estimate of drug-likeness (QED) is 0.632. The number of anilines is 1. The van der Waals surface area contributed by atoms with Crippen LogP contribution in [0, 0.1) is 5.82 Å². The minimum Gasteiger partial charge on any atom is -0.372 e. The zero-order valence-corrected chi connectivity index (χ0v) is 14.1. The molecule has 4 nitrogen and oxygen atoms in total. The van der Waals surface area contributed by atoms with Gasteiger partial charge in [0.15, 0.2) is 0 Å². The first-order valence-corrected chi connectivity index (χ1v) is 8.68. The minimum absolute atomic E-state index is 0.198. The molecule has 122 valence electrons. The van der Waals surface area contributed by atoms with Crippen molar-refractivity contribution >= 4 is 17.6 Å². The first-order chi connectivity index (χ1) is 11.1. The first-order valence-electron chi connectivity index (χ1n) is 7.70. The van der Waals surface area contributed by atoms with E-state index in [4.69, 9.17) is 4.74 Å². The summed E-state index contributed by atoms with van der Waals surface area (Å²) in [5.74, 6) is 1.48. The predicted octanol–water partition coefficient (Wildman–Crippen LogP) is 3.52. The number of morpholine rings is 1. The highest BCUT2D eigenvalue weighted by molar-refractivity contribution is 7.98. The maximum absolute atomic E-state index is 12.9. The molecule has 0 saturated carbocycles. The van der Waals surface area contributed by atoms with Crippen LogP contribution in [-0.4, -0.2) is 35.3 Å². The number of benzene rings is 1. The molecule has 0 amide bonds. The minimum atomic E-state index is -0.210. The molecule has 6 heteroatoms. The molecule has 2 aromatic rings. The molecular weight excluding hydrogens is 313 g/mol. The summed E-state index contributed by atoms with van der Waals surface area (Å²) in [5, 5.41) is 0.922. The molecule has 0 spiro atoms. The smallest absolute Gasteiger partial charge is 0.133 e. The zero-order chi connectivity index (χ0) is 16.2. The highest BCUT2D eigenvalue weighted by atomic mass is 32.2. The molecule has 2 atom stereocenters. The lowest BCUT2D eigenvalue weighted by Gasteiger charge is -2.36. The molecule has 3 rings (SSSR count). The largest absolute Gasteiger partial charge is 0.372 e. The van der Waals surface area contributed by atoms with Gasteiger partial charge in [-0.15, -0.1) is 11.8 Å². The van der Waals surface area contributed by atoms with Crippen LogP contribution in [-0.2, 0) is 10.5 Å². The number of hydrogen-bond acceptors (Lipinski definition) is 5. The van der Waals surface area contributed by atoms with Gasteiger partial charge >= 0.3 is 0 Å². The van der Waals surface area contributed by atoms with Crippen LogP contribution in [0.4, 0.5) is 10.2 Å². The predicted molar refractivity (Wildman–Crippen MR) is 90.2 cm³/mol. The Bertz CT molecular complexity index is 643. The summed E-state index contributed by atoms with van der Waals surface area (Å²) in [6, 6.07) is 8.58. The van der Waals surface area contributed by atoms with Crippen LogP contribution >= 0.6 is 11.8 Å². The highest BCUT2D eigenvalue weighted by Crippen LogP contribution is 2.25. The van der Waals surface area contributed by atoms with Gasteiger partial charge in [-0.1, -0.05) is 12.1 Å². The highest BCUT2D eigenvalue weighted by Gasteiger charge is 2.23. The lowest BCUT2D eigenvalue weighted by atomic mass is 10.2. The SMILES string of the molecule is CC1CN(c2cc(SCc3ccc(F)cc3)ncn2)CC(C)O1. The van der Waals surface area contributed by atoms with Crippen molar-refractivity contribution in [3.05, 3.63) is 48.0 Å². The molecule has 0 N–H and O–H groups in total. The molecule has 2 heterocycles. The number of ether oxygens (including phenoxy) is 1. The van der Waals surface area contributed by atoms with E-state index in [9.17, 15) is 4.39 Å². The van der Waals surface area contributed by atoms with Crippen molar-refractivity contribution in [1.82, 2.24) is 9.97 Å². The normalized spacial score (nSPS) is 21.4. The van der Waals surface area contributed by atoms with Crippen molar-refractivity contribution in [3.8, 4) is 0 Å². The van der Waals surface area contributed by atoms with E-state index in [-0.39, 0.29) is 18.0 Å².